The van der Waals surface area contributed by atoms with Crippen molar-refractivity contribution in [1.82, 2.24) is 9.88 Å². The molecule has 1 amide bonds. The largest absolute Gasteiger partial charge is 0.490 e. The number of amides is 1. The number of benzene rings is 1. The molecule has 0 N–H and O–H groups in total. The number of hydrogen-bond acceptors (Lipinski definition) is 4. The van der Waals surface area contributed by atoms with Crippen molar-refractivity contribution in [3.05, 3.63) is 79.2 Å². The molecular weight excluding hydrogens is 328 g/mol. The molecule has 0 aliphatic carbocycles. The van der Waals surface area contributed by atoms with Crippen molar-refractivity contribution in [2.45, 2.75) is 13.5 Å². The first-order valence-corrected chi connectivity index (χ1v) is 8.49. The van der Waals surface area contributed by atoms with Crippen LogP contribution in [0.3, 0.4) is 0 Å². The van der Waals surface area contributed by atoms with Crippen LogP contribution in [0, 0.1) is 0 Å². The Balaban J connectivity index is 2.25. The number of hydrogen-bond donors (Lipinski definition) is 0. The van der Waals surface area contributed by atoms with E-state index in [4.69, 9.17) is 9.47 Å². The van der Waals surface area contributed by atoms with Gasteiger partial charge in [-0.25, -0.2) is 0 Å². The number of rotatable bonds is 10. The second-order valence-corrected chi connectivity index (χ2v) is 5.52. The molecule has 1 aromatic heterocycles. The number of nitrogens with zero attached hydrogens (tertiary/aromatic N) is 2. The molecule has 5 heteroatoms. The molecule has 2 rings (SSSR count). The molecule has 0 bridgehead atoms. The number of aromatic nitrogens is 1. The van der Waals surface area contributed by atoms with Gasteiger partial charge in [-0.15, -0.1) is 6.58 Å². The molecule has 1 aromatic carbocycles. The molecule has 0 saturated carbocycles. The van der Waals surface area contributed by atoms with Crippen LogP contribution in [-0.2, 0) is 6.54 Å². The molecule has 136 valence electrons. The quantitative estimate of drug-likeness (QED) is 0.609. The minimum absolute atomic E-state index is 0.0991. The summed E-state index contributed by atoms with van der Waals surface area (Å²) in [4.78, 5) is 18.7. The lowest BCUT2D eigenvalue weighted by Gasteiger charge is -2.22. The van der Waals surface area contributed by atoms with Crippen molar-refractivity contribution < 1.29 is 14.3 Å². The molecule has 0 saturated heterocycles. The Kier molecular flexibility index (Phi) is 7.43. The van der Waals surface area contributed by atoms with Gasteiger partial charge in [0.15, 0.2) is 11.5 Å². The zero-order chi connectivity index (χ0) is 18.8. The predicted molar refractivity (Wildman–Crippen MR) is 102 cm³/mol. The summed E-state index contributed by atoms with van der Waals surface area (Å²) in [6, 6.07) is 8.99. The molecule has 5 nitrogen and oxygen atoms in total. The van der Waals surface area contributed by atoms with Crippen molar-refractivity contribution in [2.75, 3.05) is 19.8 Å². The van der Waals surface area contributed by atoms with Gasteiger partial charge in [-0.1, -0.05) is 18.7 Å². The minimum atomic E-state index is -0.0991. The van der Waals surface area contributed by atoms with Crippen LogP contribution in [0.15, 0.2) is 68.0 Å². The van der Waals surface area contributed by atoms with Crippen molar-refractivity contribution in [3.63, 3.8) is 0 Å². The van der Waals surface area contributed by atoms with Crippen LogP contribution >= 0.6 is 0 Å². The van der Waals surface area contributed by atoms with E-state index in [9.17, 15) is 4.79 Å². The highest BCUT2D eigenvalue weighted by molar-refractivity contribution is 5.95. The summed E-state index contributed by atoms with van der Waals surface area (Å²) in [6.45, 7) is 11.1. The van der Waals surface area contributed by atoms with Crippen molar-refractivity contribution in [1.29, 1.82) is 0 Å². The Labute approximate surface area is 154 Å². The highest BCUT2D eigenvalue weighted by Gasteiger charge is 2.17. The van der Waals surface area contributed by atoms with E-state index < -0.39 is 0 Å². The number of carbonyl (C=O) groups is 1. The van der Waals surface area contributed by atoms with Crippen LogP contribution in [0.25, 0.3) is 0 Å². The Bertz CT molecular complexity index is 744. The molecule has 0 spiro atoms. The summed E-state index contributed by atoms with van der Waals surface area (Å²) in [5.74, 6) is 1.04. The standard InChI is InChI=1S/C21H24N2O3/c1-4-13-23(16-17-9-11-22-12-10-17)21(24)18-7-8-19(26-14-5-2)20(15-18)25-6-3/h4-5,7-12,15H,1-2,6,13-14,16H2,3H3. The van der Waals surface area contributed by atoms with E-state index in [0.717, 1.165) is 5.56 Å². The maximum absolute atomic E-state index is 13.0. The summed E-state index contributed by atoms with van der Waals surface area (Å²) in [7, 11) is 0. The van der Waals surface area contributed by atoms with Crippen molar-refractivity contribution in [3.8, 4) is 11.5 Å². The second kappa shape index (κ2) is 10.0. The predicted octanol–water partition coefficient (Wildman–Crippen LogP) is 3.87. The lowest BCUT2D eigenvalue weighted by atomic mass is 10.1. The molecule has 2 aromatic rings. The Morgan fingerprint density at radius 1 is 1.12 bits per heavy atom. The van der Waals surface area contributed by atoms with Crippen molar-refractivity contribution in [2.24, 2.45) is 0 Å². The molecule has 1 heterocycles. The summed E-state index contributed by atoms with van der Waals surface area (Å²) >= 11 is 0. The minimum Gasteiger partial charge on any atom is -0.490 e. The molecule has 0 atom stereocenters. The average Bonchev–Trinajstić information content (AvgIpc) is 2.67. The third kappa shape index (κ3) is 5.21. The molecule has 0 aliphatic heterocycles. The fourth-order valence-corrected chi connectivity index (χ4v) is 2.44. The van der Waals surface area contributed by atoms with E-state index in [-0.39, 0.29) is 5.91 Å². The molecule has 0 aliphatic rings. The smallest absolute Gasteiger partial charge is 0.254 e. The first-order chi connectivity index (χ1) is 12.7. The van der Waals surface area contributed by atoms with Crippen LogP contribution in [0.5, 0.6) is 11.5 Å². The van der Waals surface area contributed by atoms with Gasteiger partial charge in [0.2, 0.25) is 0 Å². The molecule has 26 heavy (non-hydrogen) atoms. The fourth-order valence-electron chi connectivity index (χ4n) is 2.44. The van der Waals surface area contributed by atoms with Gasteiger partial charge in [-0.3, -0.25) is 9.78 Å². The lowest BCUT2D eigenvalue weighted by Crippen LogP contribution is -2.30. The lowest BCUT2D eigenvalue weighted by molar-refractivity contribution is 0.0762. The zero-order valence-electron chi connectivity index (χ0n) is 15.1. The van der Waals surface area contributed by atoms with Gasteiger partial charge in [-0.2, -0.15) is 0 Å². The SMILES string of the molecule is C=CCOc1ccc(C(=O)N(CC=C)Cc2ccncc2)cc1OCC. The van der Waals surface area contributed by atoms with E-state index in [0.29, 0.717) is 43.4 Å². The van der Waals surface area contributed by atoms with Gasteiger partial charge in [-0.05, 0) is 42.8 Å². The van der Waals surface area contributed by atoms with Crippen LogP contribution in [0.2, 0.25) is 0 Å². The van der Waals surface area contributed by atoms with E-state index in [1.165, 1.54) is 0 Å². The summed E-state index contributed by atoms with van der Waals surface area (Å²) in [5, 5.41) is 0. The van der Waals surface area contributed by atoms with Crippen LogP contribution in [-0.4, -0.2) is 35.5 Å². The molecule has 0 unspecified atom stereocenters. The third-order valence-corrected chi connectivity index (χ3v) is 3.61. The maximum Gasteiger partial charge on any atom is 0.254 e. The van der Waals surface area contributed by atoms with E-state index in [1.807, 2.05) is 19.1 Å². The average molecular weight is 352 g/mol. The first-order valence-electron chi connectivity index (χ1n) is 8.49. The topological polar surface area (TPSA) is 51.7 Å². The molecule has 0 radical (unpaired) electrons. The van der Waals surface area contributed by atoms with Gasteiger partial charge >= 0.3 is 0 Å². The Morgan fingerprint density at radius 3 is 2.54 bits per heavy atom. The maximum atomic E-state index is 13.0. The normalized spacial score (nSPS) is 10.0. The van der Waals surface area contributed by atoms with Gasteiger partial charge < -0.3 is 14.4 Å². The van der Waals surface area contributed by atoms with E-state index in [2.05, 4.69) is 18.1 Å². The zero-order valence-corrected chi connectivity index (χ0v) is 15.1. The number of ether oxygens (including phenoxy) is 2. The molecule has 0 fully saturated rings. The van der Waals surface area contributed by atoms with Gasteiger partial charge in [0.05, 0.1) is 6.61 Å². The van der Waals surface area contributed by atoms with Gasteiger partial charge in [0.25, 0.3) is 5.91 Å². The highest BCUT2D eigenvalue weighted by atomic mass is 16.5. The summed E-state index contributed by atoms with van der Waals surface area (Å²) in [5.41, 5.74) is 1.54. The number of pyridine rings is 1. The van der Waals surface area contributed by atoms with Crippen LogP contribution in [0.4, 0.5) is 0 Å². The highest BCUT2D eigenvalue weighted by Crippen LogP contribution is 2.29. The second-order valence-electron chi connectivity index (χ2n) is 5.52. The number of carbonyl (C=O) groups excluding carboxylic acids is 1. The van der Waals surface area contributed by atoms with Crippen LogP contribution in [0.1, 0.15) is 22.8 Å². The van der Waals surface area contributed by atoms with E-state index >= 15 is 0 Å². The third-order valence-electron chi connectivity index (χ3n) is 3.61. The first kappa shape index (κ1) is 19.2. The van der Waals surface area contributed by atoms with E-state index in [1.54, 1.807) is 47.6 Å². The Hall–Kier alpha value is -3.08. The summed E-state index contributed by atoms with van der Waals surface area (Å²) in [6.07, 6.45) is 6.80. The molecular formula is C21H24N2O3. The van der Waals surface area contributed by atoms with Crippen LogP contribution < -0.4 is 9.47 Å². The Morgan fingerprint density at radius 2 is 1.88 bits per heavy atom. The van der Waals surface area contributed by atoms with Gasteiger partial charge in [0, 0.05) is 31.0 Å². The fraction of sp³-hybridized carbons (Fsp3) is 0.238. The monoisotopic (exact) mass is 352 g/mol. The summed E-state index contributed by atoms with van der Waals surface area (Å²) < 4.78 is 11.2. The van der Waals surface area contributed by atoms with Crippen molar-refractivity contribution >= 4 is 5.91 Å². The van der Waals surface area contributed by atoms with Gasteiger partial charge in [0.1, 0.15) is 6.61 Å².